The summed E-state index contributed by atoms with van der Waals surface area (Å²) in [6, 6.07) is 4.04. The van der Waals surface area contributed by atoms with E-state index < -0.39 is 0 Å². The van der Waals surface area contributed by atoms with Crippen LogP contribution < -0.4 is 11.1 Å². The zero-order chi connectivity index (χ0) is 10.5. The highest BCUT2D eigenvalue weighted by Crippen LogP contribution is 2.14. The maximum atomic E-state index is 5.42. The van der Waals surface area contributed by atoms with Crippen LogP contribution in [0.5, 0.6) is 0 Å². The van der Waals surface area contributed by atoms with Gasteiger partial charge >= 0.3 is 0 Å². The predicted molar refractivity (Wildman–Crippen MR) is 61.5 cm³/mol. The van der Waals surface area contributed by atoms with Crippen molar-refractivity contribution in [1.29, 1.82) is 0 Å². The number of pyridine rings is 1. The molecule has 0 fully saturated rings. The van der Waals surface area contributed by atoms with Crippen molar-refractivity contribution < 1.29 is 0 Å². The minimum Gasteiger partial charge on any atom is -0.346 e. The van der Waals surface area contributed by atoms with E-state index in [1.54, 1.807) is 6.20 Å². The van der Waals surface area contributed by atoms with Crippen molar-refractivity contribution in [2.75, 3.05) is 13.1 Å². The minimum atomic E-state index is 0.739. The molecule has 2 heterocycles. The van der Waals surface area contributed by atoms with Gasteiger partial charge in [-0.05, 0) is 37.2 Å². The number of nitrogens with zero attached hydrogens (tertiary/aromatic N) is 1. The van der Waals surface area contributed by atoms with E-state index in [2.05, 4.69) is 21.4 Å². The molecule has 0 aliphatic heterocycles. The Morgan fingerprint density at radius 3 is 3.27 bits per heavy atom. The standard InChI is InChI=1S/C11H16N4/c12-4-2-5-13-7-9-8-15-11-10(9)3-1-6-14-11/h1,3,6,8,13H,2,4-5,7,12H2,(H,14,15). The Bertz CT molecular complexity index is 421. The van der Waals surface area contributed by atoms with Gasteiger partial charge in [0.15, 0.2) is 0 Å². The molecule has 0 amide bonds. The molecule has 0 radical (unpaired) electrons. The normalized spacial score (nSPS) is 11.0. The van der Waals surface area contributed by atoms with Gasteiger partial charge in [0.2, 0.25) is 0 Å². The number of nitrogens with one attached hydrogen (secondary N) is 2. The quantitative estimate of drug-likeness (QED) is 0.636. The van der Waals surface area contributed by atoms with Gasteiger partial charge in [0.25, 0.3) is 0 Å². The summed E-state index contributed by atoms with van der Waals surface area (Å²) in [5, 5.41) is 4.55. The lowest BCUT2D eigenvalue weighted by molar-refractivity contribution is 0.657. The molecule has 4 N–H and O–H groups in total. The number of rotatable bonds is 5. The number of fused-ring (bicyclic) bond motifs is 1. The third kappa shape index (κ3) is 2.34. The third-order valence-electron chi connectivity index (χ3n) is 2.41. The smallest absolute Gasteiger partial charge is 0.137 e. The van der Waals surface area contributed by atoms with E-state index in [9.17, 15) is 0 Å². The van der Waals surface area contributed by atoms with E-state index in [4.69, 9.17) is 5.73 Å². The number of hydrogen-bond acceptors (Lipinski definition) is 3. The fourth-order valence-corrected chi connectivity index (χ4v) is 1.61. The zero-order valence-corrected chi connectivity index (χ0v) is 8.66. The fourth-order valence-electron chi connectivity index (χ4n) is 1.61. The monoisotopic (exact) mass is 204 g/mol. The molecule has 0 unspecified atom stereocenters. The van der Waals surface area contributed by atoms with Gasteiger partial charge in [-0.2, -0.15) is 0 Å². The number of H-pyrrole nitrogens is 1. The molecule has 0 saturated heterocycles. The van der Waals surface area contributed by atoms with Crippen molar-refractivity contribution in [3.63, 3.8) is 0 Å². The Morgan fingerprint density at radius 1 is 1.47 bits per heavy atom. The van der Waals surface area contributed by atoms with E-state index >= 15 is 0 Å². The zero-order valence-electron chi connectivity index (χ0n) is 8.66. The molecule has 0 saturated carbocycles. The van der Waals surface area contributed by atoms with Crippen LogP contribution in [0.3, 0.4) is 0 Å². The lowest BCUT2D eigenvalue weighted by atomic mass is 10.2. The van der Waals surface area contributed by atoms with Gasteiger partial charge < -0.3 is 16.0 Å². The van der Waals surface area contributed by atoms with Gasteiger partial charge in [0.05, 0.1) is 0 Å². The Balaban J connectivity index is 2.02. The van der Waals surface area contributed by atoms with Gasteiger partial charge in [-0.1, -0.05) is 0 Å². The highest BCUT2D eigenvalue weighted by molar-refractivity contribution is 5.79. The lowest BCUT2D eigenvalue weighted by Gasteiger charge is -2.01. The van der Waals surface area contributed by atoms with Crippen molar-refractivity contribution in [3.05, 3.63) is 30.1 Å². The maximum Gasteiger partial charge on any atom is 0.137 e. The first-order chi connectivity index (χ1) is 7.42. The maximum absolute atomic E-state index is 5.42. The Hall–Kier alpha value is -1.39. The van der Waals surface area contributed by atoms with Crippen molar-refractivity contribution in [3.8, 4) is 0 Å². The van der Waals surface area contributed by atoms with E-state index in [0.717, 1.165) is 31.7 Å². The van der Waals surface area contributed by atoms with Crippen LogP contribution in [0.1, 0.15) is 12.0 Å². The van der Waals surface area contributed by atoms with Crippen LogP contribution in [-0.2, 0) is 6.54 Å². The molecule has 4 heteroatoms. The van der Waals surface area contributed by atoms with Crippen LogP contribution in [0.25, 0.3) is 11.0 Å². The molecule has 0 aromatic carbocycles. The van der Waals surface area contributed by atoms with E-state index in [1.165, 1.54) is 10.9 Å². The minimum absolute atomic E-state index is 0.739. The van der Waals surface area contributed by atoms with E-state index in [-0.39, 0.29) is 0 Å². The summed E-state index contributed by atoms with van der Waals surface area (Å²) in [5.41, 5.74) is 7.63. The average Bonchev–Trinajstić information content (AvgIpc) is 2.68. The van der Waals surface area contributed by atoms with Crippen LogP contribution in [-0.4, -0.2) is 23.1 Å². The second-order valence-electron chi connectivity index (χ2n) is 3.53. The number of aromatic nitrogens is 2. The van der Waals surface area contributed by atoms with Crippen molar-refractivity contribution in [2.24, 2.45) is 5.73 Å². The first-order valence-electron chi connectivity index (χ1n) is 5.23. The summed E-state index contributed by atoms with van der Waals surface area (Å²) in [6.07, 6.45) is 4.82. The van der Waals surface area contributed by atoms with Crippen LogP contribution in [0, 0.1) is 0 Å². The molecule has 2 aromatic rings. The summed E-state index contributed by atoms with van der Waals surface area (Å²) in [4.78, 5) is 7.40. The number of aromatic amines is 1. The van der Waals surface area contributed by atoms with Crippen molar-refractivity contribution in [2.45, 2.75) is 13.0 Å². The summed E-state index contributed by atoms with van der Waals surface area (Å²) in [5.74, 6) is 0. The Morgan fingerprint density at radius 2 is 2.40 bits per heavy atom. The largest absolute Gasteiger partial charge is 0.346 e. The SMILES string of the molecule is NCCCNCc1c[nH]c2ncccc12. The Labute approximate surface area is 88.9 Å². The molecule has 0 aliphatic rings. The van der Waals surface area contributed by atoms with Gasteiger partial charge in [0.1, 0.15) is 5.65 Å². The molecule has 0 atom stereocenters. The molecule has 0 spiro atoms. The molecule has 2 aromatic heterocycles. The highest BCUT2D eigenvalue weighted by Gasteiger charge is 2.02. The summed E-state index contributed by atoms with van der Waals surface area (Å²) in [7, 11) is 0. The first-order valence-corrected chi connectivity index (χ1v) is 5.23. The van der Waals surface area contributed by atoms with E-state index in [0.29, 0.717) is 0 Å². The van der Waals surface area contributed by atoms with Gasteiger partial charge in [0, 0.05) is 24.3 Å². The summed E-state index contributed by atoms with van der Waals surface area (Å²) >= 11 is 0. The molecule has 2 rings (SSSR count). The average molecular weight is 204 g/mol. The summed E-state index contributed by atoms with van der Waals surface area (Å²) < 4.78 is 0. The molecular weight excluding hydrogens is 188 g/mol. The molecule has 15 heavy (non-hydrogen) atoms. The van der Waals surface area contributed by atoms with Crippen LogP contribution in [0.2, 0.25) is 0 Å². The molecule has 80 valence electrons. The second kappa shape index (κ2) is 4.91. The van der Waals surface area contributed by atoms with Crippen molar-refractivity contribution >= 4 is 11.0 Å². The fraction of sp³-hybridized carbons (Fsp3) is 0.364. The lowest BCUT2D eigenvalue weighted by Crippen LogP contribution is -2.17. The van der Waals surface area contributed by atoms with Crippen molar-refractivity contribution in [1.82, 2.24) is 15.3 Å². The van der Waals surface area contributed by atoms with E-state index in [1.807, 2.05) is 12.3 Å². The molecule has 4 nitrogen and oxygen atoms in total. The number of nitrogens with two attached hydrogens (primary N) is 1. The summed E-state index contributed by atoms with van der Waals surface area (Å²) in [6.45, 7) is 2.57. The highest BCUT2D eigenvalue weighted by atomic mass is 14.9. The topological polar surface area (TPSA) is 66.7 Å². The van der Waals surface area contributed by atoms with Crippen LogP contribution in [0.4, 0.5) is 0 Å². The van der Waals surface area contributed by atoms with Gasteiger partial charge in [-0.3, -0.25) is 0 Å². The molecule has 0 bridgehead atoms. The molecule has 0 aliphatic carbocycles. The third-order valence-corrected chi connectivity index (χ3v) is 2.41. The van der Waals surface area contributed by atoms with Gasteiger partial charge in [-0.15, -0.1) is 0 Å². The predicted octanol–water partition coefficient (Wildman–Crippen LogP) is 1.00. The first kappa shape index (κ1) is 10.1. The number of hydrogen-bond donors (Lipinski definition) is 3. The Kier molecular flexibility index (Phi) is 3.32. The molecular formula is C11H16N4. The van der Waals surface area contributed by atoms with Crippen LogP contribution >= 0.6 is 0 Å². The van der Waals surface area contributed by atoms with Crippen LogP contribution in [0.15, 0.2) is 24.5 Å². The van der Waals surface area contributed by atoms with Gasteiger partial charge in [-0.25, -0.2) is 4.98 Å². The second-order valence-corrected chi connectivity index (χ2v) is 3.53.